The van der Waals surface area contributed by atoms with Crippen molar-refractivity contribution < 1.29 is 10.2 Å². The smallest absolute Gasteiger partial charge is 0.0942 e. The molecule has 3 atom stereocenters. The minimum Gasteiger partial charge on any atom is -0.392 e. The van der Waals surface area contributed by atoms with Crippen LogP contribution in [-0.4, -0.2) is 40.9 Å². The summed E-state index contributed by atoms with van der Waals surface area (Å²) in [4.78, 5) is 1.96. The molecule has 1 aromatic rings. The molecule has 0 spiro atoms. The predicted octanol–water partition coefficient (Wildman–Crippen LogP) is 1.42. The summed E-state index contributed by atoms with van der Waals surface area (Å²) in [6.07, 6.45) is -0.902. The molecule has 2 N–H and O–H groups in total. The van der Waals surface area contributed by atoms with Gasteiger partial charge in [0.1, 0.15) is 0 Å². The molecular formula is C13H21NO2. The van der Waals surface area contributed by atoms with Gasteiger partial charge in [0, 0.05) is 12.6 Å². The lowest BCUT2D eigenvalue weighted by atomic mass is 10.0. The first kappa shape index (κ1) is 13.2. The first-order valence-corrected chi connectivity index (χ1v) is 5.63. The summed E-state index contributed by atoms with van der Waals surface area (Å²) in [5.41, 5.74) is 0.910. The van der Waals surface area contributed by atoms with Crippen LogP contribution in [0.25, 0.3) is 0 Å². The van der Waals surface area contributed by atoms with E-state index in [4.69, 9.17) is 0 Å². The molecule has 0 saturated heterocycles. The molecule has 0 amide bonds. The second-order valence-electron chi connectivity index (χ2n) is 4.38. The maximum Gasteiger partial charge on any atom is 0.0942 e. The number of likely N-dealkylation sites (N-methyl/N-ethyl adjacent to an activating group) is 1. The molecule has 90 valence electrons. The molecule has 16 heavy (non-hydrogen) atoms. The van der Waals surface area contributed by atoms with E-state index in [2.05, 4.69) is 0 Å². The number of hydrogen-bond donors (Lipinski definition) is 2. The number of rotatable bonds is 5. The van der Waals surface area contributed by atoms with Gasteiger partial charge in [-0.15, -0.1) is 0 Å². The van der Waals surface area contributed by atoms with E-state index in [0.29, 0.717) is 6.54 Å². The Morgan fingerprint density at radius 1 is 1.12 bits per heavy atom. The lowest BCUT2D eigenvalue weighted by molar-refractivity contribution is 0.0464. The molecular weight excluding hydrogens is 202 g/mol. The zero-order valence-electron chi connectivity index (χ0n) is 10.2. The summed E-state index contributed by atoms with van der Waals surface area (Å²) in [7, 11) is 1.91. The van der Waals surface area contributed by atoms with Crippen molar-refractivity contribution in [3.63, 3.8) is 0 Å². The first-order valence-electron chi connectivity index (χ1n) is 5.63. The molecule has 3 nitrogen and oxygen atoms in total. The van der Waals surface area contributed by atoms with Gasteiger partial charge < -0.3 is 10.2 Å². The average molecular weight is 223 g/mol. The monoisotopic (exact) mass is 223 g/mol. The Kier molecular flexibility index (Phi) is 4.93. The van der Waals surface area contributed by atoms with E-state index in [0.717, 1.165) is 5.56 Å². The third-order valence-corrected chi connectivity index (χ3v) is 2.85. The maximum atomic E-state index is 10.1. The summed E-state index contributed by atoms with van der Waals surface area (Å²) in [5, 5.41) is 19.4. The summed E-state index contributed by atoms with van der Waals surface area (Å²) in [6.45, 7) is 4.27. The molecule has 0 heterocycles. The highest BCUT2D eigenvalue weighted by Crippen LogP contribution is 2.19. The highest BCUT2D eigenvalue weighted by Gasteiger charge is 2.20. The van der Waals surface area contributed by atoms with Gasteiger partial charge in [0.25, 0.3) is 0 Å². The molecule has 1 rings (SSSR count). The molecule has 0 aliphatic rings. The minimum atomic E-state index is -0.523. The van der Waals surface area contributed by atoms with Crippen LogP contribution in [0.1, 0.15) is 25.5 Å². The van der Waals surface area contributed by atoms with Crippen LogP contribution in [0.5, 0.6) is 0 Å². The van der Waals surface area contributed by atoms with Gasteiger partial charge in [-0.3, -0.25) is 4.90 Å². The highest BCUT2D eigenvalue weighted by atomic mass is 16.3. The molecule has 0 aliphatic carbocycles. The summed E-state index contributed by atoms with van der Waals surface area (Å²) >= 11 is 0. The van der Waals surface area contributed by atoms with E-state index < -0.39 is 6.10 Å². The Hall–Kier alpha value is -0.900. The Balaban J connectivity index is 2.63. The van der Waals surface area contributed by atoms with Gasteiger partial charge in [-0.25, -0.2) is 0 Å². The zero-order chi connectivity index (χ0) is 12.1. The highest BCUT2D eigenvalue weighted by molar-refractivity contribution is 5.18. The normalized spacial score (nSPS) is 17.1. The Morgan fingerprint density at radius 2 is 1.69 bits per heavy atom. The van der Waals surface area contributed by atoms with Crippen LogP contribution >= 0.6 is 0 Å². The molecule has 0 radical (unpaired) electrons. The molecule has 0 aliphatic heterocycles. The molecule has 1 unspecified atom stereocenters. The van der Waals surface area contributed by atoms with Gasteiger partial charge in [-0.1, -0.05) is 30.3 Å². The van der Waals surface area contributed by atoms with Gasteiger partial charge in [-0.05, 0) is 26.5 Å². The number of nitrogens with zero attached hydrogens (tertiary/aromatic N) is 1. The van der Waals surface area contributed by atoms with Crippen molar-refractivity contribution in [3.8, 4) is 0 Å². The van der Waals surface area contributed by atoms with Crippen LogP contribution in [0.4, 0.5) is 0 Å². The van der Waals surface area contributed by atoms with Crippen molar-refractivity contribution in [1.82, 2.24) is 4.90 Å². The summed E-state index contributed by atoms with van der Waals surface area (Å²) in [6, 6.07) is 9.58. The Labute approximate surface area is 97.3 Å². The number of aliphatic hydroxyl groups is 2. The number of hydrogen-bond acceptors (Lipinski definition) is 3. The van der Waals surface area contributed by atoms with Gasteiger partial charge in [0.05, 0.1) is 12.2 Å². The van der Waals surface area contributed by atoms with E-state index in [1.54, 1.807) is 6.92 Å². The van der Waals surface area contributed by atoms with Crippen molar-refractivity contribution in [2.24, 2.45) is 0 Å². The van der Waals surface area contributed by atoms with Crippen molar-refractivity contribution >= 4 is 0 Å². The molecule has 0 saturated carbocycles. The van der Waals surface area contributed by atoms with Crippen LogP contribution in [0.2, 0.25) is 0 Å². The van der Waals surface area contributed by atoms with Gasteiger partial charge >= 0.3 is 0 Å². The third kappa shape index (κ3) is 3.59. The quantitative estimate of drug-likeness (QED) is 0.793. The van der Waals surface area contributed by atoms with Crippen molar-refractivity contribution in [1.29, 1.82) is 0 Å². The molecule has 0 aromatic heterocycles. The first-order chi connectivity index (χ1) is 7.52. The summed E-state index contributed by atoms with van der Waals surface area (Å²) < 4.78 is 0. The topological polar surface area (TPSA) is 43.7 Å². The average Bonchev–Trinajstić information content (AvgIpc) is 2.27. The second-order valence-corrected chi connectivity index (χ2v) is 4.38. The maximum absolute atomic E-state index is 10.1. The lowest BCUT2D eigenvalue weighted by Crippen LogP contribution is -2.38. The van der Waals surface area contributed by atoms with Gasteiger partial charge in [-0.2, -0.15) is 0 Å². The van der Waals surface area contributed by atoms with E-state index >= 15 is 0 Å². The SMILES string of the molecule is CC(O)CN(C)[C@@H](C)[C@H](O)c1ccccc1. The fraction of sp³-hybridized carbons (Fsp3) is 0.538. The molecule has 0 fully saturated rings. The fourth-order valence-electron chi connectivity index (χ4n) is 1.75. The lowest BCUT2D eigenvalue weighted by Gasteiger charge is -2.29. The number of aliphatic hydroxyl groups excluding tert-OH is 2. The van der Waals surface area contributed by atoms with Crippen LogP contribution in [-0.2, 0) is 0 Å². The molecule has 0 bridgehead atoms. The molecule has 1 aromatic carbocycles. The summed E-state index contributed by atoms with van der Waals surface area (Å²) in [5.74, 6) is 0. The standard InChI is InChI=1S/C13H21NO2/c1-10(15)9-14(3)11(2)13(16)12-7-5-4-6-8-12/h4-8,10-11,13,15-16H,9H2,1-3H3/t10?,11-,13-/m0/s1. The van der Waals surface area contributed by atoms with Crippen molar-refractivity contribution in [3.05, 3.63) is 35.9 Å². The van der Waals surface area contributed by atoms with Crippen LogP contribution in [0, 0.1) is 0 Å². The van der Waals surface area contributed by atoms with Crippen LogP contribution < -0.4 is 0 Å². The van der Waals surface area contributed by atoms with Crippen LogP contribution in [0.3, 0.4) is 0 Å². The van der Waals surface area contributed by atoms with Crippen molar-refractivity contribution in [2.45, 2.75) is 32.1 Å². The number of benzene rings is 1. The fourth-order valence-corrected chi connectivity index (χ4v) is 1.75. The van der Waals surface area contributed by atoms with Gasteiger partial charge in [0.15, 0.2) is 0 Å². The van der Waals surface area contributed by atoms with Crippen molar-refractivity contribution in [2.75, 3.05) is 13.6 Å². The Morgan fingerprint density at radius 3 is 2.19 bits per heavy atom. The minimum absolute atomic E-state index is 0.0167. The molecule has 3 heteroatoms. The van der Waals surface area contributed by atoms with E-state index in [1.165, 1.54) is 0 Å². The van der Waals surface area contributed by atoms with Gasteiger partial charge in [0.2, 0.25) is 0 Å². The zero-order valence-corrected chi connectivity index (χ0v) is 10.2. The largest absolute Gasteiger partial charge is 0.392 e. The third-order valence-electron chi connectivity index (χ3n) is 2.85. The second kappa shape index (κ2) is 5.99. The van der Waals surface area contributed by atoms with E-state index in [1.807, 2.05) is 49.2 Å². The van der Waals surface area contributed by atoms with Crippen LogP contribution in [0.15, 0.2) is 30.3 Å². The Bertz CT molecular complexity index is 300. The van der Waals surface area contributed by atoms with E-state index in [-0.39, 0.29) is 12.1 Å². The van der Waals surface area contributed by atoms with E-state index in [9.17, 15) is 10.2 Å². The predicted molar refractivity (Wildman–Crippen MR) is 65.2 cm³/mol.